The average Bonchev–Trinajstić information content (AvgIpc) is 2.72. The second kappa shape index (κ2) is 13.5. The Morgan fingerprint density at radius 1 is 1.10 bits per heavy atom. The van der Waals surface area contributed by atoms with Crippen molar-refractivity contribution < 1.29 is 19.5 Å². The highest BCUT2D eigenvalue weighted by Crippen LogP contribution is 2.18. The molecule has 0 bridgehead atoms. The summed E-state index contributed by atoms with van der Waals surface area (Å²) < 4.78 is 0. The van der Waals surface area contributed by atoms with Crippen LogP contribution in [0.15, 0.2) is 49.6 Å². The van der Waals surface area contributed by atoms with E-state index in [1.807, 2.05) is 13.8 Å². The van der Waals surface area contributed by atoms with E-state index < -0.39 is 12.0 Å². The van der Waals surface area contributed by atoms with E-state index in [0.29, 0.717) is 24.9 Å². The number of hydrogen-bond donors (Lipinski definition) is 3. The fourth-order valence-electron chi connectivity index (χ4n) is 3.06. The van der Waals surface area contributed by atoms with Crippen LogP contribution in [-0.2, 0) is 21.0 Å². The Balaban J connectivity index is 2.77. The van der Waals surface area contributed by atoms with Gasteiger partial charge in [0.25, 0.3) is 0 Å². The van der Waals surface area contributed by atoms with Crippen molar-refractivity contribution >= 4 is 23.3 Å². The molecule has 0 aliphatic heterocycles. The second-order valence-corrected chi connectivity index (χ2v) is 7.71. The van der Waals surface area contributed by atoms with Gasteiger partial charge in [-0.25, -0.2) is 0 Å². The van der Waals surface area contributed by atoms with Crippen molar-refractivity contribution in [2.75, 3.05) is 5.32 Å². The van der Waals surface area contributed by atoms with E-state index in [9.17, 15) is 14.4 Å². The van der Waals surface area contributed by atoms with Gasteiger partial charge < -0.3 is 15.7 Å². The topological polar surface area (TPSA) is 95.5 Å². The van der Waals surface area contributed by atoms with Crippen molar-refractivity contribution in [2.24, 2.45) is 11.8 Å². The normalized spacial score (nSPS) is 12.7. The van der Waals surface area contributed by atoms with Crippen molar-refractivity contribution in [2.45, 2.75) is 58.6 Å². The third-order valence-electron chi connectivity index (χ3n) is 4.82. The Hall–Kier alpha value is -2.73. The van der Waals surface area contributed by atoms with E-state index in [4.69, 9.17) is 5.11 Å². The van der Waals surface area contributed by atoms with Crippen LogP contribution in [0.5, 0.6) is 0 Å². The Morgan fingerprint density at radius 2 is 1.77 bits per heavy atom. The summed E-state index contributed by atoms with van der Waals surface area (Å²) in [5.41, 5.74) is 1.34. The minimum Gasteiger partial charge on any atom is -0.392 e. The number of nitrogens with one attached hydrogen (secondary N) is 2. The molecule has 0 saturated carbocycles. The third kappa shape index (κ3) is 8.74. The third-order valence-corrected chi connectivity index (χ3v) is 4.82. The van der Waals surface area contributed by atoms with Gasteiger partial charge in [0, 0.05) is 24.4 Å². The van der Waals surface area contributed by atoms with E-state index in [-0.39, 0.29) is 36.5 Å². The molecular weight excluding hydrogens is 380 g/mol. The van der Waals surface area contributed by atoms with Crippen LogP contribution < -0.4 is 10.6 Å². The lowest BCUT2D eigenvalue weighted by Gasteiger charge is -2.23. The monoisotopic (exact) mass is 414 g/mol. The molecule has 6 nitrogen and oxygen atoms in total. The Morgan fingerprint density at radius 3 is 2.30 bits per heavy atom. The van der Waals surface area contributed by atoms with E-state index in [1.165, 1.54) is 0 Å². The number of allylic oxidation sites excluding steroid dienone is 2. The van der Waals surface area contributed by atoms with Crippen molar-refractivity contribution in [3.63, 3.8) is 0 Å². The SMILES string of the molecule is C=CCCCC(=O)N[C@H](C(=O)C[C@@H](CC=C)C(=O)Nc1ccc(CO)cc1)C(C)C. The molecule has 0 heterocycles. The highest BCUT2D eigenvalue weighted by Gasteiger charge is 2.28. The van der Waals surface area contributed by atoms with Crippen molar-refractivity contribution in [1.29, 1.82) is 0 Å². The number of aliphatic hydroxyl groups excluding tert-OH is 1. The molecule has 0 aromatic heterocycles. The van der Waals surface area contributed by atoms with E-state index in [1.54, 1.807) is 36.4 Å². The summed E-state index contributed by atoms with van der Waals surface area (Å²) in [6, 6.07) is 6.22. The lowest BCUT2D eigenvalue weighted by Crippen LogP contribution is -2.45. The first-order chi connectivity index (χ1) is 14.3. The highest BCUT2D eigenvalue weighted by molar-refractivity contribution is 5.97. The number of benzene rings is 1. The Bertz CT molecular complexity index is 725. The summed E-state index contributed by atoms with van der Waals surface area (Å²) in [6.07, 6.45) is 5.51. The molecule has 1 aromatic carbocycles. The van der Waals surface area contributed by atoms with Crippen LogP contribution >= 0.6 is 0 Å². The molecule has 0 saturated heterocycles. The van der Waals surface area contributed by atoms with Gasteiger partial charge in [0.05, 0.1) is 12.6 Å². The maximum absolute atomic E-state index is 12.9. The molecule has 30 heavy (non-hydrogen) atoms. The van der Waals surface area contributed by atoms with Crippen LogP contribution in [0.2, 0.25) is 0 Å². The molecule has 6 heteroatoms. The molecular formula is C24H34N2O4. The van der Waals surface area contributed by atoms with Crippen molar-refractivity contribution in [3.8, 4) is 0 Å². The fraction of sp³-hybridized carbons (Fsp3) is 0.458. The standard InChI is InChI=1S/C24H34N2O4/c1-5-7-8-10-22(29)26-23(17(3)4)21(28)15-19(9-6-2)24(30)25-20-13-11-18(16-27)12-14-20/h5-6,11-14,17,19,23,27H,1-2,7-10,15-16H2,3-4H3,(H,25,30)(H,26,29)/t19-,23+/m1/s1. The molecule has 0 radical (unpaired) electrons. The lowest BCUT2D eigenvalue weighted by molar-refractivity contribution is -0.131. The first-order valence-electron chi connectivity index (χ1n) is 10.4. The van der Waals surface area contributed by atoms with Crippen LogP contribution in [0.4, 0.5) is 5.69 Å². The summed E-state index contributed by atoms with van der Waals surface area (Å²) in [4.78, 5) is 37.8. The molecule has 1 rings (SSSR count). The summed E-state index contributed by atoms with van der Waals surface area (Å²) >= 11 is 0. The Labute approximate surface area is 179 Å². The van der Waals surface area contributed by atoms with Gasteiger partial charge in [-0.15, -0.1) is 13.2 Å². The van der Waals surface area contributed by atoms with Gasteiger partial charge >= 0.3 is 0 Å². The van der Waals surface area contributed by atoms with Crippen LogP contribution in [0.3, 0.4) is 0 Å². The number of rotatable bonds is 14. The quantitative estimate of drug-likeness (QED) is 0.319. The lowest BCUT2D eigenvalue weighted by atomic mass is 9.90. The summed E-state index contributed by atoms with van der Waals surface area (Å²) in [5.74, 6) is -1.28. The first-order valence-corrected chi connectivity index (χ1v) is 10.4. The second-order valence-electron chi connectivity index (χ2n) is 7.71. The number of amides is 2. The van der Waals surface area contributed by atoms with Crippen molar-refractivity contribution in [1.82, 2.24) is 5.32 Å². The minimum absolute atomic E-state index is 0.0162. The number of ketones is 1. The number of Topliss-reactive ketones (excluding diaryl/α,β-unsaturated/α-hetero) is 1. The van der Waals surface area contributed by atoms with Crippen LogP contribution in [0, 0.1) is 11.8 Å². The number of hydrogen-bond acceptors (Lipinski definition) is 4. The zero-order chi connectivity index (χ0) is 22.5. The van der Waals surface area contributed by atoms with Crippen LogP contribution in [0.1, 0.15) is 51.5 Å². The molecule has 164 valence electrons. The zero-order valence-corrected chi connectivity index (χ0v) is 18.0. The number of aliphatic hydroxyl groups is 1. The molecule has 2 atom stereocenters. The van der Waals surface area contributed by atoms with Gasteiger partial charge in [-0.3, -0.25) is 14.4 Å². The first kappa shape index (κ1) is 25.3. The summed E-state index contributed by atoms with van der Waals surface area (Å²) in [7, 11) is 0. The largest absolute Gasteiger partial charge is 0.392 e. The Kier molecular flexibility index (Phi) is 11.4. The van der Waals surface area contributed by atoms with E-state index in [2.05, 4.69) is 23.8 Å². The van der Waals surface area contributed by atoms with Gasteiger partial charge in [0.15, 0.2) is 5.78 Å². The average molecular weight is 415 g/mol. The van der Waals surface area contributed by atoms with Crippen molar-refractivity contribution in [3.05, 3.63) is 55.1 Å². The fourth-order valence-corrected chi connectivity index (χ4v) is 3.06. The van der Waals surface area contributed by atoms with Gasteiger partial charge in [0.2, 0.25) is 11.8 Å². The van der Waals surface area contributed by atoms with Crippen LogP contribution in [0.25, 0.3) is 0 Å². The van der Waals surface area contributed by atoms with E-state index in [0.717, 1.165) is 12.0 Å². The molecule has 1 aromatic rings. The van der Waals surface area contributed by atoms with Gasteiger partial charge in [-0.05, 0) is 42.9 Å². The molecule has 0 spiro atoms. The summed E-state index contributed by atoms with van der Waals surface area (Å²) in [5, 5.41) is 14.7. The van der Waals surface area contributed by atoms with Gasteiger partial charge in [-0.2, -0.15) is 0 Å². The van der Waals surface area contributed by atoms with Gasteiger partial charge in [-0.1, -0.05) is 38.1 Å². The number of carbonyl (C=O) groups is 3. The molecule has 0 unspecified atom stereocenters. The summed E-state index contributed by atoms with van der Waals surface area (Å²) in [6.45, 7) is 11.0. The van der Waals surface area contributed by atoms with E-state index >= 15 is 0 Å². The minimum atomic E-state index is -0.634. The zero-order valence-electron chi connectivity index (χ0n) is 18.0. The predicted molar refractivity (Wildman–Crippen MR) is 120 cm³/mol. The van der Waals surface area contributed by atoms with Gasteiger partial charge in [0.1, 0.15) is 0 Å². The molecule has 2 amide bonds. The molecule has 0 fully saturated rings. The van der Waals surface area contributed by atoms with Crippen LogP contribution in [-0.4, -0.2) is 28.7 Å². The maximum atomic E-state index is 12.9. The molecule has 3 N–H and O–H groups in total. The number of carbonyl (C=O) groups excluding carboxylic acids is 3. The number of anilines is 1. The molecule has 0 aliphatic rings. The molecule has 0 aliphatic carbocycles. The number of unbranched alkanes of at least 4 members (excludes halogenated alkanes) is 1. The highest BCUT2D eigenvalue weighted by atomic mass is 16.3. The predicted octanol–water partition coefficient (Wildman–Crippen LogP) is 3.77. The maximum Gasteiger partial charge on any atom is 0.228 e. The smallest absolute Gasteiger partial charge is 0.228 e.